The molecule has 0 saturated carbocycles. The van der Waals surface area contributed by atoms with Crippen molar-refractivity contribution in [2.24, 2.45) is 16.8 Å². The lowest BCUT2D eigenvalue weighted by molar-refractivity contribution is -0.153. The third kappa shape index (κ3) is 9.78. The predicted octanol–water partition coefficient (Wildman–Crippen LogP) is 4.57. The molecular formula is C33H40F6N6O3. The van der Waals surface area contributed by atoms with Crippen LogP contribution in [0.25, 0.3) is 0 Å². The van der Waals surface area contributed by atoms with Crippen LogP contribution in [0, 0.1) is 11.8 Å². The Morgan fingerprint density at radius 3 is 2.08 bits per heavy atom. The van der Waals surface area contributed by atoms with Crippen LogP contribution in [0.2, 0.25) is 0 Å². The fourth-order valence-electron chi connectivity index (χ4n) is 6.05. The Balaban J connectivity index is 1.65. The van der Waals surface area contributed by atoms with Crippen molar-refractivity contribution >= 4 is 29.1 Å². The number of benzodiazepines with no additional fused rings is 1. The van der Waals surface area contributed by atoms with Crippen LogP contribution in [0.15, 0.2) is 59.6 Å². The second-order valence-electron chi connectivity index (χ2n) is 12.4. The van der Waals surface area contributed by atoms with Gasteiger partial charge in [-0.3, -0.25) is 19.3 Å². The van der Waals surface area contributed by atoms with Crippen molar-refractivity contribution in [3.63, 3.8) is 0 Å². The summed E-state index contributed by atoms with van der Waals surface area (Å²) in [4.78, 5) is 50.6. The van der Waals surface area contributed by atoms with Gasteiger partial charge in [-0.1, -0.05) is 48.5 Å². The molecule has 2 heterocycles. The molecule has 0 spiro atoms. The summed E-state index contributed by atoms with van der Waals surface area (Å²) in [6, 6.07) is 15.7. The molecule has 2 aromatic rings. The van der Waals surface area contributed by atoms with Gasteiger partial charge < -0.3 is 20.4 Å². The first kappa shape index (κ1) is 36.8. The number of fused-ring (bicyclic) bond motifs is 1. The Labute approximate surface area is 275 Å². The van der Waals surface area contributed by atoms with E-state index in [1.54, 1.807) is 54.6 Å². The summed E-state index contributed by atoms with van der Waals surface area (Å²) >= 11 is 0. The van der Waals surface area contributed by atoms with E-state index in [0.29, 0.717) is 35.6 Å². The number of aliphatic imine (C=N–C) groups is 1. The average molecular weight is 683 g/mol. The van der Waals surface area contributed by atoms with Gasteiger partial charge in [-0.25, -0.2) is 4.99 Å². The minimum absolute atomic E-state index is 0.0474. The van der Waals surface area contributed by atoms with E-state index in [0.717, 1.165) is 6.42 Å². The molecule has 3 amide bonds. The average Bonchev–Trinajstić information content (AvgIpc) is 3.48. The van der Waals surface area contributed by atoms with Crippen molar-refractivity contribution in [1.29, 1.82) is 0 Å². The largest absolute Gasteiger partial charge is 0.389 e. The monoisotopic (exact) mass is 682 g/mol. The fourth-order valence-corrected chi connectivity index (χ4v) is 6.05. The Bertz CT molecular complexity index is 1470. The van der Waals surface area contributed by atoms with E-state index in [9.17, 15) is 40.7 Å². The van der Waals surface area contributed by atoms with Crippen LogP contribution in [-0.4, -0.2) is 98.7 Å². The molecule has 4 atom stereocenters. The summed E-state index contributed by atoms with van der Waals surface area (Å²) in [5.74, 6) is -6.49. The molecule has 2 aliphatic rings. The molecule has 15 heteroatoms. The zero-order valence-electron chi connectivity index (χ0n) is 26.9. The number of likely N-dealkylation sites (N-methyl/N-ethyl adjacent to an activating group) is 2. The van der Waals surface area contributed by atoms with Gasteiger partial charge in [-0.15, -0.1) is 0 Å². The minimum atomic E-state index is -4.76. The summed E-state index contributed by atoms with van der Waals surface area (Å²) in [6.45, 7) is 1.11. The number of para-hydroxylation sites is 1. The number of rotatable bonds is 12. The SMILES string of the molecule is CN1C(=O)[C@@H](NC(=O)[C@@H](CCC(F)(F)F)[C@@H](CCC(F)(F)F)C(=O)NCN2CCC(N(C)C)C2)N=C(c2ccccc2)c2ccccc21. The van der Waals surface area contributed by atoms with Gasteiger partial charge in [0.25, 0.3) is 5.91 Å². The van der Waals surface area contributed by atoms with Crippen molar-refractivity contribution in [3.8, 4) is 0 Å². The number of likely N-dealkylation sites (tertiary alicyclic amines) is 1. The summed E-state index contributed by atoms with van der Waals surface area (Å²) in [5.41, 5.74) is 1.90. The molecule has 2 N–H and O–H groups in total. The summed E-state index contributed by atoms with van der Waals surface area (Å²) in [7, 11) is 5.24. The first-order chi connectivity index (χ1) is 22.5. The Morgan fingerprint density at radius 2 is 1.50 bits per heavy atom. The zero-order chi connectivity index (χ0) is 35.2. The van der Waals surface area contributed by atoms with E-state index in [1.165, 1.54) is 11.9 Å². The van der Waals surface area contributed by atoms with E-state index in [-0.39, 0.29) is 12.7 Å². The van der Waals surface area contributed by atoms with Crippen molar-refractivity contribution in [1.82, 2.24) is 20.4 Å². The molecular weight excluding hydrogens is 642 g/mol. The maximum atomic E-state index is 13.9. The fraction of sp³-hybridized carbons (Fsp3) is 0.515. The van der Waals surface area contributed by atoms with Gasteiger partial charge in [0.1, 0.15) is 0 Å². The van der Waals surface area contributed by atoms with Gasteiger partial charge in [-0.05, 0) is 39.4 Å². The van der Waals surface area contributed by atoms with E-state index < -0.39 is 73.8 Å². The molecule has 2 aromatic carbocycles. The molecule has 1 fully saturated rings. The second kappa shape index (κ2) is 15.5. The van der Waals surface area contributed by atoms with E-state index in [2.05, 4.69) is 15.6 Å². The quantitative estimate of drug-likeness (QED) is 0.320. The maximum Gasteiger partial charge on any atom is 0.389 e. The number of anilines is 1. The molecule has 262 valence electrons. The number of nitrogens with one attached hydrogen (secondary N) is 2. The van der Waals surface area contributed by atoms with Gasteiger partial charge in [-0.2, -0.15) is 26.3 Å². The van der Waals surface area contributed by atoms with Gasteiger partial charge in [0, 0.05) is 62.0 Å². The standard InChI is InChI=1S/C33H40F6N6O3/c1-43(2)22-15-18-45(19-22)20-40-29(46)23(13-16-32(34,35)36)24(14-17-33(37,38)39)30(47)42-28-31(48)44(3)26-12-8-7-11-25(26)27(41-28)21-9-5-4-6-10-21/h4-12,22-24,28H,13-20H2,1-3H3,(H,40,46)(H,42,47)/t22?,23-,24+,28-/m1/s1. The van der Waals surface area contributed by atoms with Gasteiger partial charge in [0.2, 0.25) is 18.0 Å². The number of hydrogen-bond acceptors (Lipinski definition) is 6. The third-order valence-electron chi connectivity index (χ3n) is 8.76. The van der Waals surface area contributed by atoms with Crippen LogP contribution in [0.1, 0.15) is 43.2 Å². The maximum absolute atomic E-state index is 13.9. The summed E-state index contributed by atoms with van der Waals surface area (Å²) < 4.78 is 80.7. The topological polar surface area (TPSA) is 97.3 Å². The lowest BCUT2D eigenvalue weighted by Crippen LogP contribution is -2.51. The number of nitrogens with zero attached hydrogens (tertiary/aromatic N) is 4. The Morgan fingerprint density at radius 1 is 0.917 bits per heavy atom. The molecule has 1 saturated heterocycles. The highest BCUT2D eigenvalue weighted by molar-refractivity contribution is 6.20. The van der Waals surface area contributed by atoms with E-state index in [1.807, 2.05) is 23.9 Å². The van der Waals surface area contributed by atoms with Crippen LogP contribution in [0.3, 0.4) is 0 Å². The van der Waals surface area contributed by atoms with Crippen LogP contribution < -0.4 is 15.5 Å². The molecule has 0 aromatic heterocycles. The van der Waals surface area contributed by atoms with Gasteiger partial charge in [0.05, 0.1) is 18.1 Å². The number of halogens is 6. The predicted molar refractivity (Wildman–Crippen MR) is 168 cm³/mol. The van der Waals surface area contributed by atoms with E-state index in [4.69, 9.17) is 0 Å². The van der Waals surface area contributed by atoms with Gasteiger partial charge >= 0.3 is 12.4 Å². The smallest absolute Gasteiger partial charge is 0.343 e. The van der Waals surface area contributed by atoms with Crippen LogP contribution in [0.4, 0.5) is 32.0 Å². The lowest BCUT2D eigenvalue weighted by atomic mass is 9.83. The highest BCUT2D eigenvalue weighted by Gasteiger charge is 2.42. The second-order valence-corrected chi connectivity index (χ2v) is 12.4. The third-order valence-corrected chi connectivity index (χ3v) is 8.76. The molecule has 0 bridgehead atoms. The molecule has 1 unspecified atom stereocenters. The normalized spacial score (nSPS) is 20.2. The molecule has 9 nitrogen and oxygen atoms in total. The van der Waals surface area contributed by atoms with Crippen LogP contribution in [0.5, 0.6) is 0 Å². The number of benzene rings is 2. The lowest BCUT2D eigenvalue weighted by Gasteiger charge is -2.29. The minimum Gasteiger partial charge on any atom is -0.343 e. The summed E-state index contributed by atoms with van der Waals surface area (Å²) in [5, 5.41) is 4.96. The highest BCUT2D eigenvalue weighted by Crippen LogP contribution is 2.34. The Kier molecular flexibility index (Phi) is 11.9. The number of alkyl halides is 6. The van der Waals surface area contributed by atoms with Crippen molar-refractivity contribution in [2.45, 2.75) is 56.7 Å². The molecule has 0 aliphatic carbocycles. The highest BCUT2D eigenvalue weighted by atomic mass is 19.4. The Hall–Kier alpha value is -3.98. The van der Waals surface area contributed by atoms with E-state index >= 15 is 0 Å². The first-order valence-corrected chi connectivity index (χ1v) is 15.6. The van der Waals surface area contributed by atoms with Crippen molar-refractivity contribution in [3.05, 3.63) is 65.7 Å². The molecule has 4 rings (SSSR count). The molecule has 48 heavy (non-hydrogen) atoms. The number of hydrogen-bond donors (Lipinski definition) is 2. The number of amides is 3. The van der Waals surface area contributed by atoms with Crippen molar-refractivity contribution in [2.75, 3.05) is 45.8 Å². The summed E-state index contributed by atoms with van der Waals surface area (Å²) in [6.07, 6.45) is -15.3. The molecule has 2 aliphatic heterocycles. The molecule has 0 radical (unpaired) electrons. The van der Waals surface area contributed by atoms with Crippen LogP contribution >= 0.6 is 0 Å². The van der Waals surface area contributed by atoms with Crippen LogP contribution in [-0.2, 0) is 14.4 Å². The van der Waals surface area contributed by atoms with Crippen molar-refractivity contribution < 1.29 is 40.7 Å². The zero-order valence-corrected chi connectivity index (χ0v) is 26.9. The number of carbonyl (C=O) groups is 3. The number of carbonyl (C=O) groups excluding carboxylic acids is 3. The van der Waals surface area contributed by atoms with Gasteiger partial charge in [0.15, 0.2) is 0 Å². The first-order valence-electron chi connectivity index (χ1n) is 15.6.